The summed E-state index contributed by atoms with van der Waals surface area (Å²) in [6.07, 6.45) is 0.239. The molecule has 0 aromatic heterocycles. The van der Waals surface area contributed by atoms with Crippen LogP contribution >= 0.6 is 0 Å². The van der Waals surface area contributed by atoms with Gasteiger partial charge in [0, 0.05) is 82.8 Å². The van der Waals surface area contributed by atoms with E-state index in [1.165, 1.54) is 39.3 Å². The highest BCUT2D eigenvalue weighted by Gasteiger charge is 2.42. The van der Waals surface area contributed by atoms with Crippen LogP contribution < -0.4 is 37.6 Å². The van der Waals surface area contributed by atoms with Gasteiger partial charge in [-0.15, -0.1) is 0 Å². The molecule has 1 heterocycles. The van der Waals surface area contributed by atoms with E-state index in [0.717, 1.165) is 29.7 Å². The molecule has 88 heavy (non-hydrogen) atoms. The second-order valence-corrected chi connectivity index (χ2v) is 25.2. The number of likely N-dealkylation sites (tertiary alicyclic amines) is 1. The third-order valence-electron chi connectivity index (χ3n) is 16.6. The lowest BCUT2D eigenvalue weighted by atomic mass is 9.89. The highest BCUT2D eigenvalue weighted by atomic mass is 16.6. The van der Waals surface area contributed by atoms with Gasteiger partial charge in [-0.25, -0.2) is 4.79 Å². The smallest absolute Gasteiger partial charge is 0.410 e. The topological polar surface area (TPSA) is 313 Å². The second-order valence-electron chi connectivity index (χ2n) is 25.2. The zero-order chi connectivity index (χ0) is 66.1. The molecule has 8 amide bonds. The van der Waals surface area contributed by atoms with Gasteiger partial charge in [0.25, 0.3) is 5.91 Å². The zero-order valence-corrected chi connectivity index (χ0v) is 55.4. The molecule has 2 aromatic carbocycles. The summed E-state index contributed by atoms with van der Waals surface area (Å²) in [6, 6.07) is 8.30. The summed E-state index contributed by atoms with van der Waals surface area (Å²) in [5.74, 6) is -4.40. The van der Waals surface area contributed by atoms with Crippen molar-refractivity contribution in [1.29, 1.82) is 0 Å². The summed E-state index contributed by atoms with van der Waals surface area (Å²) in [6.45, 7) is 25.1. The molecular formula is C65H108N10O13. The molecule has 1 fully saturated rings. The quantitative estimate of drug-likeness (QED) is 0.0299. The molecule has 2 aromatic rings. The Morgan fingerprint density at radius 1 is 0.773 bits per heavy atom. The van der Waals surface area contributed by atoms with Crippen LogP contribution in [0.4, 0.5) is 10.5 Å². The van der Waals surface area contributed by atoms with Crippen molar-refractivity contribution in [2.45, 2.75) is 202 Å². The summed E-state index contributed by atoms with van der Waals surface area (Å²) in [5.41, 5.74) is 6.93. The van der Waals surface area contributed by atoms with E-state index in [9.17, 15) is 48.6 Å². The third kappa shape index (κ3) is 23.3. The maximum atomic E-state index is 14.8. The van der Waals surface area contributed by atoms with Crippen molar-refractivity contribution in [3.63, 3.8) is 0 Å². The molecule has 10 N–H and O–H groups in total. The number of nitrogens with one attached hydrogen (secondary N) is 6. The SMILES string of the molecule is CC[C@H](C)[C@@H]([C@@H](CC(=O)N1CCC[C@H]1C[C@@H](C)C(O)N[C@H](C)[C@@H](O)c1ccccc1)OC)N(C)C(=O)[C@@H](NC(=O)[C@H](C(C)C)N(C)C(=O)OCc1ccc(NC(=O)[C@H](C)NC(=O)[C@@H](NC(=O)CCOCCC(C)C)C(C)C)cc1C(=O)NCCN)C(C)C. The van der Waals surface area contributed by atoms with E-state index in [1.807, 2.05) is 62.9 Å². The summed E-state index contributed by atoms with van der Waals surface area (Å²) < 4.78 is 17.4. The van der Waals surface area contributed by atoms with Gasteiger partial charge < -0.3 is 66.5 Å². The largest absolute Gasteiger partial charge is 0.445 e. The number of aliphatic hydroxyl groups excluding tert-OH is 2. The first-order valence-electron chi connectivity index (χ1n) is 31.5. The molecule has 1 aliphatic heterocycles. The maximum Gasteiger partial charge on any atom is 0.410 e. The number of ether oxygens (including phenoxy) is 3. The van der Waals surface area contributed by atoms with E-state index >= 15 is 0 Å². The first-order valence-corrected chi connectivity index (χ1v) is 31.5. The molecule has 0 radical (unpaired) electrons. The van der Waals surface area contributed by atoms with Gasteiger partial charge in [-0.1, -0.05) is 119 Å². The molecule has 1 aliphatic rings. The highest BCUT2D eigenvalue weighted by molar-refractivity contribution is 6.01. The number of rotatable bonds is 37. The summed E-state index contributed by atoms with van der Waals surface area (Å²) in [7, 11) is 4.58. The molecule has 23 heteroatoms. The number of nitrogens with two attached hydrogens (primary N) is 1. The average Bonchev–Trinajstić information content (AvgIpc) is 4.05. The molecule has 1 saturated heterocycles. The van der Waals surface area contributed by atoms with Gasteiger partial charge >= 0.3 is 6.09 Å². The Balaban J connectivity index is 1.72. The summed E-state index contributed by atoms with van der Waals surface area (Å²) in [4.78, 5) is 115. The van der Waals surface area contributed by atoms with Crippen LogP contribution in [0.15, 0.2) is 48.5 Å². The standard InChI is InChI=1S/C65H108N10O13/c1-17-42(10)57(51(86-16)36-53(77)75-31-21-24-49(75)34-43(11)59(79)68-44(12)58(78)46-22-19-18-20-23-46)73(14)64(84)55(40(6)7)72-63(83)56(41(8)9)74(15)65(85)88-37-47-25-26-48(35-50(47)61(81)67-30-29-66)70-60(80)45(13)69-62(82)54(39(4)5)71-52(76)28-33-87-32-27-38(2)3/h18-20,22-23,25-26,35,38-45,49,51,54-59,68,78-79H,17,21,24,27-34,36-37,66H2,1-16H3,(H,67,81)(H,69,82)(H,70,80)(H,71,76)(H,72,83)/t42-,43+,44+,45-,49-,51+,54-,55-,56-,57-,58+,59?/m0/s1. The van der Waals surface area contributed by atoms with Crippen molar-refractivity contribution in [2.24, 2.45) is 41.2 Å². The van der Waals surface area contributed by atoms with Crippen LogP contribution in [0, 0.1) is 35.5 Å². The molecule has 3 rings (SSSR count). The van der Waals surface area contributed by atoms with E-state index in [0.29, 0.717) is 31.9 Å². The number of nitrogens with zero attached hydrogens (tertiary/aromatic N) is 3. The van der Waals surface area contributed by atoms with Crippen LogP contribution in [0.1, 0.15) is 163 Å². The predicted octanol–water partition coefficient (Wildman–Crippen LogP) is 5.47. The van der Waals surface area contributed by atoms with Crippen LogP contribution in [0.5, 0.6) is 0 Å². The van der Waals surface area contributed by atoms with Crippen molar-refractivity contribution in [3.8, 4) is 0 Å². The van der Waals surface area contributed by atoms with Crippen LogP contribution in [0.3, 0.4) is 0 Å². The van der Waals surface area contributed by atoms with Gasteiger partial charge in [-0.3, -0.25) is 43.8 Å². The van der Waals surface area contributed by atoms with Crippen molar-refractivity contribution in [3.05, 3.63) is 65.2 Å². The van der Waals surface area contributed by atoms with Crippen molar-refractivity contribution < 1.29 is 62.8 Å². The van der Waals surface area contributed by atoms with Gasteiger partial charge in [0.2, 0.25) is 35.4 Å². The van der Waals surface area contributed by atoms with Crippen LogP contribution in [0.25, 0.3) is 0 Å². The van der Waals surface area contributed by atoms with E-state index in [2.05, 4.69) is 45.7 Å². The lowest BCUT2D eigenvalue weighted by molar-refractivity contribution is -0.146. The molecule has 12 atom stereocenters. The van der Waals surface area contributed by atoms with Gasteiger partial charge in [0.05, 0.1) is 31.3 Å². The van der Waals surface area contributed by atoms with Crippen LogP contribution in [0.2, 0.25) is 0 Å². The maximum absolute atomic E-state index is 14.8. The fraction of sp³-hybridized carbons (Fsp3) is 0.692. The number of hydrogen-bond acceptors (Lipinski definition) is 15. The van der Waals surface area contributed by atoms with Gasteiger partial charge in [0.1, 0.15) is 37.0 Å². The molecule has 0 aliphatic carbocycles. The Morgan fingerprint density at radius 3 is 2.02 bits per heavy atom. The van der Waals surface area contributed by atoms with Gasteiger partial charge in [-0.05, 0) is 92.7 Å². The zero-order valence-electron chi connectivity index (χ0n) is 55.4. The summed E-state index contributed by atoms with van der Waals surface area (Å²) >= 11 is 0. The minimum Gasteiger partial charge on any atom is -0.445 e. The normalized spacial score (nSPS) is 17.2. The fourth-order valence-corrected chi connectivity index (χ4v) is 11.0. The number of likely N-dealkylation sites (N-methyl/N-ethyl adjacent to an activating group) is 2. The molecule has 496 valence electrons. The monoisotopic (exact) mass is 1240 g/mol. The Kier molecular flexibility index (Phi) is 32.6. The minimum atomic E-state index is -1.13. The number of anilines is 1. The lowest BCUT2D eigenvalue weighted by Crippen LogP contribution is -2.60. The molecular weight excluding hydrogens is 1130 g/mol. The fourth-order valence-electron chi connectivity index (χ4n) is 11.0. The number of hydrogen-bond donors (Lipinski definition) is 9. The number of carbonyl (C=O) groups is 8. The number of aliphatic hydroxyl groups is 2. The molecule has 1 unspecified atom stereocenters. The number of benzene rings is 2. The minimum absolute atomic E-state index is 0.0176. The molecule has 0 bridgehead atoms. The van der Waals surface area contributed by atoms with Crippen LogP contribution in [-0.2, 0) is 49.6 Å². The van der Waals surface area contributed by atoms with Gasteiger partial charge in [0.15, 0.2) is 0 Å². The number of amides is 8. The number of carbonyl (C=O) groups excluding carboxylic acids is 8. The first-order chi connectivity index (χ1) is 41.5. The average molecular weight is 1240 g/mol. The van der Waals surface area contributed by atoms with Crippen molar-refractivity contribution in [1.82, 2.24) is 41.3 Å². The molecule has 0 saturated carbocycles. The Bertz CT molecular complexity index is 2540. The highest BCUT2D eigenvalue weighted by Crippen LogP contribution is 2.30. The lowest BCUT2D eigenvalue weighted by Gasteiger charge is -2.41. The van der Waals surface area contributed by atoms with Crippen LogP contribution in [-0.4, -0.2) is 181 Å². The van der Waals surface area contributed by atoms with Crippen molar-refractivity contribution >= 4 is 53.1 Å². The van der Waals surface area contributed by atoms with E-state index in [1.54, 1.807) is 53.5 Å². The Morgan fingerprint density at radius 2 is 1.43 bits per heavy atom. The molecule has 23 nitrogen and oxygen atoms in total. The van der Waals surface area contributed by atoms with Crippen molar-refractivity contribution in [2.75, 3.05) is 59.4 Å². The first kappa shape index (κ1) is 76.0. The second kappa shape index (κ2) is 37.7. The third-order valence-corrected chi connectivity index (χ3v) is 16.6. The van der Waals surface area contributed by atoms with Gasteiger partial charge in [-0.2, -0.15) is 0 Å². The Hall–Kier alpha value is -6.24. The predicted molar refractivity (Wildman–Crippen MR) is 339 cm³/mol. The van der Waals surface area contributed by atoms with E-state index in [-0.39, 0.29) is 85.0 Å². The Labute approximate surface area is 523 Å². The van der Waals surface area contributed by atoms with E-state index < -0.39 is 109 Å². The molecule has 0 spiro atoms. The summed E-state index contributed by atoms with van der Waals surface area (Å²) in [5, 5.41) is 39.0. The van der Waals surface area contributed by atoms with E-state index in [4.69, 9.17) is 19.9 Å². The number of methoxy groups -OCH3 is 1.